The Morgan fingerprint density at radius 1 is 1.62 bits per heavy atom. The summed E-state index contributed by atoms with van der Waals surface area (Å²) in [5, 5.41) is 8.63. The summed E-state index contributed by atoms with van der Waals surface area (Å²) in [5.74, 6) is 2.26. The number of nitrogens with zero attached hydrogens (tertiary/aromatic N) is 3. The zero-order chi connectivity index (χ0) is 11.4. The van der Waals surface area contributed by atoms with Crippen LogP contribution in [0, 0.1) is 0 Å². The predicted octanol–water partition coefficient (Wildman–Crippen LogP) is 1.23. The van der Waals surface area contributed by atoms with Crippen LogP contribution in [-0.4, -0.2) is 38.4 Å². The summed E-state index contributed by atoms with van der Waals surface area (Å²) in [7, 11) is 1.91. The summed E-state index contributed by atoms with van der Waals surface area (Å²) < 4.78 is 1.76. The molecule has 2 rings (SSSR count). The molecule has 0 amide bonds. The van der Waals surface area contributed by atoms with Gasteiger partial charge in [0, 0.05) is 31.3 Å². The zero-order valence-corrected chi connectivity index (χ0v) is 10.8. The summed E-state index contributed by atoms with van der Waals surface area (Å²) in [6.07, 6.45) is 5.33. The maximum absolute atomic E-state index is 4.27. The van der Waals surface area contributed by atoms with Gasteiger partial charge in [0.05, 0.1) is 0 Å². The average Bonchev–Trinajstić information content (AvgIpc) is 2.67. The molecule has 0 spiro atoms. The Hall–Kier alpha value is -0.550. The number of hydrogen-bond donors (Lipinski definition) is 1. The summed E-state index contributed by atoms with van der Waals surface area (Å²) in [5.41, 5.74) is 0. The highest BCUT2D eigenvalue weighted by Gasteiger charge is 2.20. The fourth-order valence-electron chi connectivity index (χ4n) is 2.06. The average molecular weight is 240 g/mol. The van der Waals surface area contributed by atoms with Crippen LogP contribution in [0.2, 0.25) is 0 Å². The molecule has 1 saturated heterocycles. The van der Waals surface area contributed by atoms with Crippen LogP contribution < -0.4 is 5.32 Å². The molecule has 1 aliphatic heterocycles. The Morgan fingerprint density at radius 3 is 3.19 bits per heavy atom. The van der Waals surface area contributed by atoms with E-state index in [1.54, 1.807) is 11.0 Å². The number of aryl methyl sites for hydroxylation is 1. The van der Waals surface area contributed by atoms with Gasteiger partial charge in [0.2, 0.25) is 0 Å². The Labute approximate surface area is 101 Å². The minimum absolute atomic E-state index is 0.669. The topological polar surface area (TPSA) is 42.7 Å². The maximum Gasteiger partial charge on any atom is 0.151 e. The van der Waals surface area contributed by atoms with Crippen molar-refractivity contribution in [2.24, 2.45) is 7.05 Å². The van der Waals surface area contributed by atoms with Gasteiger partial charge in [-0.25, -0.2) is 4.98 Å². The van der Waals surface area contributed by atoms with Crippen LogP contribution in [0.3, 0.4) is 0 Å². The minimum atomic E-state index is 0.669. The molecule has 2 unspecified atom stereocenters. The van der Waals surface area contributed by atoms with Crippen LogP contribution in [0.4, 0.5) is 0 Å². The first kappa shape index (κ1) is 11.9. The van der Waals surface area contributed by atoms with Crippen LogP contribution in [0.15, 0.2) is 6.33 Å². The van der Waals surface area contributed by atoms with Crippen molar-refractivity contribution in [2.45, 2.75) is 37.5 Å². The Bertz CT molecular complexity index is 326. The highest BCUT2D eigenvalue weighted by molar-refractivity contribution is 7.99. The lowest BCUT2D eigenvalue weighted by molar-refractivity contribution is 0.463. The van der Waals surface area contributed by atoms with E-state index in [0.29, 0.717) is 6.04 Å². The molecule has 5 heteroatoms. The highest BCUT2D eigenvalue weighted by atomic mass is 32.2. The molecule has 0 saturated carbocycles. The van der Waals surface area contributed by atoms with Gasteiger partial charge in [-0.3, -0.25) is 4.68 Å². The van der Waals surface area contributed by atoms with Gasteiger partial charge in [0.25, 0.3) is 0 Å². The van der Waals surface area contributed by atoms with E-state index in [4.69, 9.17) is 0 Å². The number of hydrogen-bond acceptors (Lipinski definition) is 4. The molecule has 16 heavy (non-hydrogen) atoms. The van der Waals surface area contributed by atoms with Crippen molar-refractivity contribution < 1.29 is 0 Å². The molecule has 2 atom stereocenters. The molecule has 1 N–H and O–H groups in total. The molecule has 2 heterocycles. The van der Waals surface area contributed by atoms with E-state index < -0.39 is 0 Å². The van der Waals surface area contributed by atoms with Crippen molar-refractivity contribution in [3.8, 4) is 0 Å². The van der Waals surface area contributed by atoms with E-state index in [2.05, 4.69) is 34.1 Å². The van der Waals surface area contributed by atoms with Gasteiger partial charge in [-0.05, 0) is 18.6 Å². The van der Waals surface area contributed by atoms with E-state index >= 15 is 0 Å². The third-order valence-electron chi connectivity index (χ3n) is 3.01. The fraction of sp³-hybridized carbons (Fsp3) is 0.818. The molecule has 1 fully saturated rings. The lowest BCUT2D eigenvalue weighted by Gasteiger charge is -2.29. The Morgan fingerprint density at radius 2 is 2.50 bits per heavy atom. The van der Waals surface area contributed by atoms with E-state index in [-0.39, 0.29) is 0 Å². The second-order valence-corrected chi connectivity index (χ2v) is 5.85. The van der Waals surface area contributed by atoms with Crippen molar-refractivity contribution >= 4 is 11.8 Å². The van der Waals surface area contributed by atoms with Gasteiger partial charge >= 0.3 is 0 Å². The molecular weight excluding hydrogens is 220 g/mol. The maximum atomic E-state index is 4.27. The first-order valence-electron chi connectivity index (χ1n) is 5.95. The van der Waals surface area contributed by atoms with Gasteiger partial charge in [-0.1, -0.05) is 6.92 Å². The molecular formula is C11H20N4S. The van der Waals surface area contributed by atoms with Crippen LogP contribution in [0.5, 0.6) is 0 Å². The van der Waals surface area contributed by atoms with Gasteiger partial charge in [-0.2, -0.15) is 16.9 Å². The molecule has 0 aromatic carbocycles. The van der Waals surface area contributed by atoms with Crippen molar-refractivity contribution in [1.29, 1.82) is 0 Å². The van der Waals surface area contributed by atoms with Crippen molar-refractivity contribution in [2.75, 3.05) is 12.3 Å². The smallest absolute Gasteiger partial charge is 0.151 e. The molecule has 1 aromatic heterocycles. The third kappa shape index (κ3) is 3.22. The molecule has 0 aliphatic carbocycles. The molecule has 1 aliphatic rings. The van der Waals surface area contributed by atoms with Crippen LogP contribution >= 0.6 is 11.8 Å². The molecule has 1 aromatic rings. The standard InChI is InChI=1S/C11H20N4S/c1-9-10(4-3-7-16-9)12-6-5-11-13-8-15(2)14-11/h8-10,12H,3-7H2,1-2H3. The minimum Gasteiger partial charge on any atom is -0.312 e. The number of thioether (sulfide) groups is 1. The lowest BCUT2D eigenvalue weighted by atomic mass is 10.1. The first-order valence-corrected chi connectivity index (χ1v) is 7.00. The highest BCUT2D eigenvalue weighted by Crippen LogP contribution is 2.24. The summed E-state index contributed by atoms with van der Waals surface area (Å²) in [4.78, 5) is 4.22. The Kier molecular flexibility index (Phi) is 4.23. The van der Waals surface area contributed by atoms with Crippen LogP contribution in [-0.2, 0) is 13.5 Å². The summed E-state index contributed by atoms with van der Waals surface area (Å²) in [6, 6.07) is 0.669. The largest absolute Gasteiger partial charge is 0.312 e. The monoisotopic (exact) mass is 240 g/mol. The SMILES string of the molecule is CC1SCCCC1NCCc1ncn(C)n1. The number of nitrogens with one attached hydrogen (secondary N) is 1. The van der Waals surface area contributed by atoms with E-state index in [1.165, 1.54) is 18.6 Å². The molecule has 0 radical (unpaired) electrons. The molecule has 4 nitrogen and oxygen atoms in total. The number of rotatable bonds is 4. The second-order valence-electron chi connectivity index (χ2n) is 4.36. The fourth-order valence-corrected chi connectivity index (χ4v) is 3.23. The van der Waals surface area contributed by atoms with Gasteiger partial charge in [-0.15, -0.1) is 0 Å². The summed E-state index contributed by atoms with van der Waals surface area (Å²) >= 11 is 2.08. The van der Waals surface area contributed by atoms with Gasteiger partial charge < -0.3 is 5.32 Å². The lowest BCUT2D eigenvalue weighted by Crippen LogP contribution is -2.40. The molecule has 0 bridgehead atoms. The van der Waals surface area contributed by atoms with Crippen LogP contribution in [0.25, 0.3) is 0 Å². The van der Waals surface area contributed by atoms with Gasteiger partial charge in [0.1, 0.15) is 6.33 Å². The quantitative estimate of drug-likeness (QED) is 0.859. The van der Waals surface area contributed by atoms with Crippen molar-refractivity contribution in [3.63, 3.8) is 0 Å². The Balaban J connectivity index is 1.71. The van der Waals surface area contributed by atoms with Crippen molar-refractivity contribution in [3.05, 3.63) is 12.2 Å². The van der Waals surface area contributed by atoms with Crippen molar-refractivity contribution in [1.82, 2.24) is 20.1 Å². The van der Waals surface area contributed by atoms with E-state index in [0.717, 1.165) is 24.0 Å². The molecule has 90 valence electrons. The van der Waals surface area contributed by atoms with E-state index in [9.17, 15) is 0 Å². The normalized spacial score (nSPS) is 25.9. The van der Waals surface area contributed by atoms with Crippen LogP contribution in [0.1, 0.15) is 25.6 Å². The first-order chi connectivity index (χ1) is 7.75. The number of aromatic nitrogens is 3. The summed E-state index contributed by atoms with van der Waals surface area (Å²) in [6.45, 7) is 3.31. The van der Waals surface area contributed by atoms with E-state index in [1.807, 2.05) is 7.05 Å². The second kappa shape index (κ2) is 5.68. The predicted molar refractivity (Wildman–Crippen MR) is 67.7 cm³/mol. The zero-order valence-electron chi connectivity index (χ0n) is 10.0. The van der Waals surface area contributed by atoms with Gasteiger partial charge in [0.15, 0.2) is 5.82 Å². The third-order valence-corrected chi connectivity index (χ3v) is 4.39.